The normalized spacial score (nSPS) is 18.7. The molecule has 28 heavy (non-hydrogen) atoms. The lowest BCUT2D eigenvalue weighted by molar-refractivity contribution is -0.140. The fraction of sp³-hybridized carbons (Fsp3) is 0.364. The minimum atomic E-state index is -0.736. The van der Waals surface area contributed by atoms with Gasteiger partial charge in [-0.1, -0.05) is 6.92 Å². The largest absolute Gasteiger partial charge is 0.507 e. The number of aliphatic hydroxyl groups is 1. The molecule has 1 amide bonds. The Balaban J connectivity index is 2.13. The van der Waals surface area contributed by atoms with Crippen LogP contribution in [0.5, 0.6) is 5.75 Å². The Kier molecular flexibility index (Phi) is 5.58. The van der Waals surface area contributed by atoms with Crippen molar-refractivity contribution in [2.45, 2.75) is 40.2 Å². The molecule has 1 aromatic heterocycles. The molecule has 1 aliphatic rings. The lowest BCUT2D eigenvalue weighted by Crippen LogP contribution is -2.30. The average molecular weight is 383 g/mol. The van der Waals surface area contributed by atoms with Crippen molar-refractivity contribution < 1.29 is 23.8 Å². The summed E-state index contributed by atoms with van der Waals surface area (Å²) in [5.74, 6) is 0.329. The molecule has 0 radical (unpaired) electrons. The first-order valence-corrected chi connectivity index (χ1v) is 9.47. The summed E-state index contributed by atoms with van der Waals surface area (Å²) in [6.07, 6.45) is 0.686. The summed E-state index contributed by atoms with van der Waals surface area (Å²) in [6, 6.07) is 7.97. The quantitative estimate of drug-likeness (QED) is 0.461. The number of furan rings is 1. The van der Waals surface area contributed by atoms with Crippen LogP contribution in [-0.2, 0) is 9.59 Å². The molecule has 0 bridgehead atoms. The monoisotopic (exact) mass is 383 g/mol. The average Bonchev–Trinajstić information content (AvgIpc) is 3.19. The van der Waals surface area contributed by atoms with Gasteiger partial charge in [0.25, 0.3) is 11.7 Å². The standard InChI is InChI=1S/C22H25NO5/c1-5-11-23-19(17-9-7-14(4)28-17)18(21(25)22(23)26)20(24)15-8-10-16(27-6-2)13(3)12-15/h7-10,12,19,24H,5-6,11H2,1-4H3/b20-18-. The molecule has 0 aliphatic carbocycles. The van der Waals surface area contributed by atoms with Gasteiger partial charge in [0.2, 0.25) is 0 Å². The Hall–Kier alpha value is -3.02. The van der Waals surface area contributed by atoms with E-state index in [9.17, 15) is 14.7 Å². The third-order valence-electron chi connectivity index (χ3n) is 4.78. The molecule has 1 aliphatic heterocycles. The molecule has 6 heteroatoms. The number of carbonyl (C=O) groups excluding carboxylic acids is 2. The predicted octanol–water partition coefficient (Wildman–Crippen LogP) is 4.13. The van der Waals surface area contributed by atoms with Crippen LogP contribution in [0.3, 0.4) is 0 Å². The number of benzene rings is 1. The maximum atomic E-state index is 12.8. The number of amides is 1. The van der Waals surface area contributed by atoms with Crippen molar-refractivity contribution in [3.05, 3.63) is 58.6 Å². The number of aliphatic hydroxyl groups excluding tert-OH is 1. The van der Waals surface area contributed by atoms with E-state index in [1.54, 1.807) is 37.3 Å². The van der Waals surface area contributed by atoms with Crippen molar-refractivity contribution in [2.75, 3.05) is 13.2 Å². The highest BCUT2D eigenvalue weighted by molar-refractivity contribution is 6.46. The number of ketones is 1. The first kappa shape index (κ1) is 19.7. The van der Waals surface area contributed by atoms with Gasteiger partial charge in [0, 0.05) is 12.1 Å². The fourth-order valence-corrected chi connectivity index (χ4v) is 3.52. The van der Waals surface area contributed by atoms with Gasteiger partial charge in [0.05, 0.1) is 12.2 Å². The van der Waals surface area contributed by atoms with Crippen LogP contribution in [0.25, 0.3) is 5.76 Å². The van der Waals surface area contributed by atoms with Gasteiger partial charge >= 0.3 is 0 Å². The van der Waals surface area contributed by atoms with Crippen LogP contribution in [0.2, 0.25) is 0 Å². The molecule has 2 heterocycles. The SMILES string of the molecule is CCCN1C(=O)C(=O)/C(=C(\O)c2ccc(OCC)c(C)c2)C1c1ccc(C)o1. The molecule has 0 saturated carbocycles. The van der Waals surface area contributed by atoms with Crippen LogP contribution in [0, 0.1) is 13.8 Å². The van der Waals surface area contributed by atoms with Crippen LogP contribution in [0.4, 0.5) is 0 Å². The van der Waals surface area contributed by atoms with E-state index < -0.39 is 17.7 Å². The summed E-state index contributed by atoms with van der Waals surface area (Å²) in [4.78, 5) is 26.8. The van der Waals surface area contributed by atoms with E-state index in [0.29, 0.717) is 42.4 Å². The van der Waals surface area contributed by atoms with Gasteiger partial charge in [-0.2, -0.15) is 0 Å². The van der Waals surface area contributed by atoms with Crippen molar-refractivity contribution in [3.63, 3.8) is 0 Å². The molecule has 1 unspecified atom stereocenters. The summed E-state index contributed by atoms with van der Waals surface area (Å²) < 4.78 is 11.3. The zero-order chi connectivity index (χ0) is 20.4. The highest BCUT2D eigenvalue weighted by Crippen LogP contribution is 2.40. The highest BCUT2D eigenvalue weighted by Gasteiger charge is 2.47. The van der Waals surface area contributed by atoms with E-state index in [-0.39, 0.29) is 11.3 Å². The first-order valence-electron chi connectivity index (χ1n) is 9.47. The molecule has 1 atom stereocenters. The van der Waals surface area contributed by atoms with E-state index in [4.69, 9.17) is 9.15 Å². The molecule has 2 aromatic rings. The topological polar surface area (TPSA) is 80.0 Å². The summed E-state index contributed by atoms with van der Waals surface area (Å²) in [7, 11) is 0. The molecular formula is C22H25NO5. The molecule has 1 N–H and O–H groups in total. The van der Waals surface area contributed by atoms with E-state index in [1.165, 1.54) is 4.90 Å². The lowest BCUT2D eigenvalue weighted by atomic mass is 9.98. The zero-order valence-electron chi connectivity index (χ0n) is 16.6. The van der Waals surface area contributed by atoms with Gasteiger partial charge in [-0.25, -0.2) is 0 Å². The van der Waals surface area contributed by atoms with Gasteiger partial charge in [0.15, 0.2) is 0 Å². The molecule has 148 valence electrons. The second-order valence-electron chi connectivity index (χ2n) is 6.85. The Bertz CT molecular complexity index is 940. The number of carbonyl (C=O) groups is 2. The number of ether oxygens (including phenoxy) is 1. The summed E-state index contributed by atoms with van der Waals surface area (Å²) >= 11 is 0. The molecular weight excluding hydrogens is 358 g/mol. The summed E-state index contributed by atoms with van der Waals surface area (Å²) in [5.41, 5.74) is 1.35. The maximum Gasteiger partial charge on any atom is 0.295 e. The Morgan fingerprint density at radius 2 is 1.93 bits per heavy atom. The Labute approximate surface area is 164 Å². The fourth-order valence-electron chi connectivity index (χ4n) is 3.52. The first-order chi connectivity index (χ1) is 13.4. The Morgan fingerprint density at radius 1 is 1.18 bits per heavy atom. The van der Waals surface area contributed by atoms with E-state index in [2.05, 4.69) is 0 Å². The number of aryl methyl sites for hydroxylation is 2. The van der Waals surface area contributed by atoms with Crippen molar-refractivity contribution >= 4 is 17.4 Å². The van der Waals surface area contributed by atoms with E-state index >= 15 is 0 Å². The lowest BCUT2D eigenvalue weighted by Gasteiger charge is -2.22. The van der Waals surface area contributed by atoms with Gasteiger partial charge in [0.1, 0.15) is 29.1 Å². The summed E-state index contributed by atoms with van der Waals surface area (Å²) in [6.45, 7) is 8.42. The van der Waals surface area contributed by atoms with Crippen LogP contribution in [0.15, 0.2) is 40.3 Å². The Morgan fingerprint density at radius 3 is 2.50 bits per heavy atom. The third kappa shape index (κ3) is 3.42. The van der Waals surface area contributed by atoms with Crippen LogP contribution >= 0.6 is 0 Å². The summed E-state index contributed by atoms with van der Waals surface area (Å²) in [5, 5.41) is 11.0. The van der Waals surface area contributed by atoms with Crippen LogP contribution in [0.1, 0.15) is 49.0 Å². The number of hydrogen-bond donors (Lipinski definition) is 1. The third-order valence-corrected chi connectivity index (χ3v) is 4.78. The zero-order valence-corrected chi connectivity index (χ0v) is 16.6. The molecule has 0 spiro atoms. The number of nitrogens with zero attached hydrogens (tertiary/aromatic N) is 1. The number of likely N-dealkylation sites (tertiary alicyclic amines) is 1. The number of rotatable bonds is 6. The molecule has 1 fully saturated rings. The van der Waals surface area contributed by atoms with Crippen molar-refractivity contribution in [2.24, 2.45) is 0 Å². The van der Waals surface area contributed by atoms with E-state index in [0.717, 1.165) is 5.56 Å². The second-order valence-corrected chi connectivity index (χ2v) is 6.85. The minimum absolute atomic E-state index is 0.0522. The molecule has 6 nitrogen and oxygen atoms in total. The molecule has 3 rings (SSSR count). The number of Topliss-reactive ketones (excluding diaryl/α,β-unsaturated/α-hetero) is 1. The van der Waals surface area contributed by atoms with Gasteiger partial charge in [-0.05, 0) is 63.1 Å². The van der Waals surface area contributed by atoms with Crippen LogP contribution < -0.4 is 4.74 Å². The predicted molar refractivity (Wildman–Crippen MR) is 105 cm³/mol. The van der Waals surface area contributed by atoms with Crippen LogP contribution in [-0.4, -0.2) is 34.8 Å². The smallest absolute Gasteiger partial charge is 0.295 e. The highest BCUT2D eigenvalue weighted by atomic mass is 16.5. The number of hydrogen-bond acceptors (Lipinski definition) is 5. The second kappa shape index (κ2) is 7.92. The molecule has 1 saturated heterocycles. The van der Waals surface area contributed by atoms with Gasteiger partial charge in [-0.15, -0.1) is 0 Å². The van der Waals surface area contributed by atoms with E-state index in [1.807, 2.05) is 20.8 Å². The van der Waals surface area contributed by atoms with Gasteiger partial charge < -0.3 is 19.2 Å². The maximum absolute atomic E-state index is 12.8. The minimum Gasteiger partial charge on any atom is -0.507 e. The van der Waals surface area contributed by atoms with Crippen molar-refractivity contribution in [1.82, 2.24) is 4.90 Å². The van der Waals surface area contributed by atoms with Crippen molar-refractivity contribution in [1.29, 1.82) is 0 Å². The molecule has 1 aromatic carbocycles. The van der Waals surface area contributed by atoms with Gasteiger partial charge in [-0.3, -0.25) is 9.59 Å². The van der Waals surface area contributed by atoms with Crippen molar-refractivity contribution in [3.8, 4) is 5.75 Å².